The highest BCUT2D eigenvalue weighted by Gasteiger charge is 2.18. The molecule has 28 nitrogen and oxygen atoms in total. The van der Waals surface area contributed by atoms with Gasteiger partial charge in [0.1, 0.15) is 42.3 Å². The maximum Gasteiger partial charge on any atom is 0.322 e. The summed E-state index contributed by atoms with van der Waals surface area (Å²) in [6.07, 6.45) is 3.60. The largest absolute Gasteiger partial charge is 0.480 e. The van der Waals surface area contributed by atoms with Crippen molar-refractivity contribution in [2.45, 2.75) is 116 Å². The van der Waals surface area contributed by atoms with Gasteiger partial charge in [0, 0.05) is 23.5 Å². The van der Waals surface area contributed by atoms with E-state index in [0.717, 1.165) is 28.5 Å². The van der Waals surface area contributed by atoms with Crippen molar-refractivity contribution in [3.63, 3.8) is 0 Å². The molecule has 8 atom stereocenters. The fourth-order valence-corrected chi connectivity index (χ4v) is 4.35. The maximum atomic E-state index is 10.6. The van der Waals surface area contributed by atoms with Crippen molar-refractivity contribution < 1.29 is 89.1 Å². The number of nitrogens with two attached hydrogens (primary N) is 9. The highest BCUT2D eigenvalue weighted by molar-refractivity contribution is 5.84. The third kappa shape index (κ3) is 42.5. The Hall–Kier alpha value is -7.15. The van der Waals surface area contributed by atoms with Gasteiger partial charge in [0.05, 0.1) is 19.6 Å². The number of aliphatic hydroxyl groups excluding tert-OH is 1. The molecule has 0 aliphatic heterocycles. The molecule has 28 heteroatoms. The zero-order valence-corrected chi connectivity index (χ0v) is 42.4. The topological polar surface area (TPSA) is 586 Å². The van der Waals surface area contributed by atoms with Gasteiger partial charge in [-0.25, -0.2) is 0 Å². The highest BCUT2D eigenvalue weighted by atomic mass is 16.4. The molecule has 0 fully saturated rings. The molecule has 422 valence electrons. The number of amides is 1. The molecular weight excluding hydrogens is 981 g/mol. The van der Waals surface area contributed by atoms with Gasteiger partial charge in [0.15, 0.2) is 0 Å². The molecular formula is C46H80N10O18. The molecule has 0 bridgehead atoms. The lowest BCUT2D eigenvalue weighted by molar-refractivity contribution is -0.140. The van der Waals surface area contributed by atoms with Crippen LogP contribution in [0.2, 0.25) is 0 Å². The average molecular weight is 1060 g/mol. The normalized spacial score (nSPS) is 13.1. The lowest BCUT2D eigenvalue weighted by Gasteiger charge is -2.11. The first-order chi connectivity index (χ1) is 34.0. The summed E-state index contributed by atoms with van der Waals surface area (Å²) in [7, 11) is 0. The SMILES string of the molecule is CC(C)C(N)C(=O)O.CC(C)CC(N)C(=O)O.CCC(C)C(N)C(=O)O.NC(=O)CC(N)C(=O)O.NC(CO)C(=O)O.NC(Cc1c[nH]c2ccccc12)C(=O)O.NC(Cc1ccccc1)C(=O)O.NCC(=O)O. The van der Waals surface area contributed by atoms with Gasteiger partial charge in [0.2, 0.25) is 5.91 Å². The molecule has 1 heterocycles. The van der Waals surface area contributed by atoms with E-state index in [2.05, 4.69) is 16.5 Å². The molecule has 3 rings (SSSR count). The zero-order valence-electron chi connectivity index (χ0n) is 42.4. The first-order valence-electron chi connectivity index (χ1n) is 22.3. The summed E-state index contributed by atoms with van der Waals surface area (Å²) in [4.78, 5) is 93.2. The van der Waals surface area contributed by atoms with Gasteiger partial charge >= 0.3 is 47.8 Å². The number of H-pyrrole nitrogens is 1. The number of fused-ring (bicyclic) bond motifs is 1. The van der Waals surface area contributed by atoms with Crippen molar-refractivity contribution in [1.29, 1.82) is 0 Å². The van der Waals surface area contributed by atoms with Crippen LogP contribution >= 0.6 is 0 Å². The summed E-state index contributed by atoms with van der Waals surface area (Å²) in [5.74, 6) is -8.30. The van der Waals surface area contributed by atoms with Gasteiger partial charge in [-0.3, -0.25) is 43.2 Å². The molecule has 0 aliphatic carbocycles. The number of hydrogen-bond acceptors (Lipinski definition) is 18. The Morgan fingerprint density at radius 2 is 0.946 bits per heavy atom. The number of carboxylic acids is 8. The Balaban J connectivity index is -0.000000250. The lowest BCUT2D eigenvalue weighted by Crippen LogP contribution is -2.36. The number of para-hydroxylation sites is 1. The minimum Gasteiger partial charge on any atom is -0.480 e. The fraction of sp³-hybridized carbons (Fsp3) is 0.500. The van der Waals surface area contributed by atoms with Gasteiger partial charge in [0.25, 0.3) is 0 Å². The number of rotatable bonds is 20. The predicted molar refractivity (Wildman–Crippen MR) is 273 cm³/mol. The Kier molecular flexibility index (Phi) is 44.5. The summed E-state index contributed by atoms with van der Waals surface area (Å²) >= 11 is 0. The van der Waals surface area contributed by atoms with E-state index in [1.165, 1.54) is 0 Å². The molecule has 3 aromatic rings. The van der Waals surface area contributed by atoms with Crippen molar-refractivity contribution in [3.8, 4) is 0 Å². The Bertz CT molecular complexity index is 2090. The number of aliphatic carboxylic acids is 8. The van der Waals surface area contributed by atoms with Crippen molar-refractivity contribution in [2.75, 3.05) is 13.2 Å². The van der Waals surface area contributed by atoms with Crippen molar-refractivity contribution >= 4 is 64.6 Å². The number of nitrogens with one attached hydrogen (secondary N) is 1. The van der Waals surface area contributed by atoms with Gasteiger partial charge in [-0.15, -0.1) is 0 Å². The summed E-state index contributed by atoms with van der Waals surface area (Å²) in [6.45, 7) is 10.4. The van der Waals surface area contributed by atoms with Crippen molar-refractivity contribution in [1.82, 2.24) is 4.98 Å². The highest BCUT2D eigenvalue weighted by Crippen LogP contribution is 2.18. The van der Waals surface area contributed by atoms with E-state index >= 15 is 0 Å². The number of hydrogen-bond donors (Lipinski definition) is 19. The number of aromatic amines is 1. The van der Waals surface area contributed by atoms with Crippen LogP contribution in [-0.2, 0) is 56.0 Å². The number of carboxylic acid groups (broad SMARTS) is 8. The Labute approximate surface area is 428 Å². The van der Waals surface area contributed by atoms with E-state index in [0.29, 0.717) is 25.2 Å². The number of primary amides is 1. The molecule has 0 radical (unpaired) electrons. The molecule has 0 saturated heterocycles. The van der Waals surface area contributed by atoms with Crippen LogP contribution in [0.4, 0.5) is 0 Å². The molecule has 0 aliphatic rings. The minimum absolute atomic E-state index is 0.0208. The standard InChI is InChI=1S/C11H12N2O2.C9H11NO2.2C6H13NO2.C5H11NO2.C4H8N2O3.C3H7NO3.C2H5NO2/c12-9(11(14)15)5-7-6-13-10-4-2-1-3-8(7)10;10-8(9(11)12)6-7-4-2-1-3-5-7;1-4(2)3-5(7)6(8)9;1-3-4(2)5(7)6(8)9;1-3(2)4(6)5(7)8;5-2(4(8)9)1-3(6)7;4-2(1-5)3(6)7;3-1-2(4)5/h1-4,6,9,13H,5,12H2,(H,14,15);1-5,8H,6,10H2,(H,11,12);2*4-5H,3,7H2,1-2H3,(H,8,9);3-4H,6H2,1-2H3,(H,7,8);2H,1,5H2,(H2,6,7)(H,8,9);2,5H,1,4H2,(H,6,7);1,3H2,(H,4,5). The Morgan fingerprint density at radius 3 is 1.22 bits per heavy atom. The van der Waals surface area contributed by atoms with E-state index in [9.17, 15) is 43.2 Å². The first-order valence-corrected chi connectivity index (χ1v) is 22.3. The maximum absolute atomic E-state index is 10.6. The monoisotopic (exact) mass is 1060 g/mol. The number of carbonyl (C=O) groups excluding carboxylic acids is 1. The summed E-state index contributed by atoms with van der Waals surface area (Å²) < 4.78 is 0. The molecule has 28 N–H and O–H groups in total. The average Bonchev–Trinajstić information content (AvgIpc) is 3.73. The second-order valence-electron chi connectivity index (χ2n) is 16.4. The molecule has 8 unspecified atom stereocenters. The van der Waals surface area contributed by atoms with Crippen molar-refractivity contribution in [2.24, 2.45) is 69.4 Å². The van der Waals surface area contributed by atoms with Crippen LogP contribution in [0.1, 0.15) is 71.9 Å². The molecule has 1 amide bonds. The number of aromatic nitrogens is 1. The number of carbonyl (C=O) groups is 9. The van der Waals surface area contributed by atoms with E-state index in [1.807, 2.05) is 88.5 Å². The van der Waals surface area contributed by atoms with Crippen LogP contribution in [0.15, 0.2) is 60.8 Å². The van der Waals surface area contributed by atoms with E-state index in [4.69, 9.17) is 86.1 Å². The van der Waals surface area contributed by atoms with Crippen LogP contribution in [0.25, 0.3) is 10.9 Å². The van der Waals surface area contributed by atoms with Crippen LogP contribution in [0, 0.1) is 17.8 Å². The smallest absolute Gasteiger partial charge is 0.322 e. The first kappa shape index (κ1) is 75.8. The third-order valence-corrected chi connectivity index (χ3v) is 9.06. The van der Waals surface area contributed by atoms with Crippen LogP contribution in [0.3, 0.4) is 0 Å². The van der Waals surface area contributed by atoms with Crippen molar-refractivity contribution in [3.05, 3.63) is 71.9 Å². The van der Waals surface area contributed by atoms with E-state index < -0.39 is 103 Å². The number of benzene rings is 2. The van der Waals surface area contributed by atoms with Gasteiger partial charge in [-0.1, -0.05) is 96.5 Å². The second kappa shape index (κ2) is 43.4. The molecule has 1 aromatic heterocycles. The second-order valence-corrected chi connectivity index (χ2v) is 16.4. The molecule has 0 spiro atoms. The quantitative estimate of drug-likeness (QED) is 0.0606. The predicted octanol–water partition coefficient (Wildman–Crippen LogP) is -1.60. The molecule has 0 saturated carbocycles. The van der Waals surface area contributed by atoms with Crippen LogP contribution in [-0.4, -0.2) is 160 Å². The van der Waals surface area contributed by atoms with Gasteiger partial charge in [-0.05, 0) is 47.8 Å². The number of aliphatic hydroxyl groups is 1. The summed E-state index contributed by atoms with van der Waals surface area (Å²) in [5.41, 5.74) is 48.3. The van der Waals surface area contributed by atoms with E-state index in [-0.39, 0.29) is 24.8 Å². The van der Waals surface area contributed by atoms with Crippen LogP contribution in [0.5, 0.6) is 0 Å². The van der Waals surface area contributed by atoms with E-state index in [1.54, 1.807) is 13.8 Å². The lowest BCUT2D eigenvalue weighted by atomic mass is 10.0. The molecule has 74 heavy (non-hydrogen) atoms. The molecule has 2 aromatic carbocycles. The zero-order chi connectivity index (χ0) is 59.0. The summed E-state index contributed by atoms with van der Waals surface area (Å²) in [6, 6.07) is 11.1. The summed E-state index contributed by atoms with van der Waals surface area (Å²) in [5, 5.41) is 74.8. The van der Waals surface area contributed by atoms with Gasteiger partial charge < -0.3 is 103 Å². The Morgan fingerprint density at radius 1 is 0.541 bits per heavy atom. The van der Waals surface area contributed by atoms with Crippen LogP contribution < -0.4 is 51.6 Å². The van der Waals surface area contributed by atoms with Gasteiger partial charge in [-0.2, -0.15) is 0 Å². The third-order valence-electron chi connectivity index (χ3n) is 9.06. The fourth-order valence-electron chi connectivity index (χ4n) is 4.35. The minimum atomic E-state index is -1.21.